The van der Waals surface area contributed by atoms with Crippen LogP contribution in [0.3, 0.4) is 0 Å². The molecule has 4 heteroatoms. The van der Waals surface area contributed by atoms with Crippen LogP contribution in [0.2, 0.25) is 0 Å². The van der Waals surface area contributed by atoms with Gasteiger partial charge in [0.1, 0.15) is 0 Å². The highest BCUT2D eigenvalue weighted by molar-refractivity contribution is 4.93. The highest BCUT2D eigenvalue weighted by Gasteiger charge is 2.35. The first-order chi connectivity index (χ1) is 17.6. The SMILES string of the molecule is CCCCC1CCC(CCCOC2CCC(C3CCC(C4CCC(C=C(F)F)OC4)CC3)CC2)CC1. The molecule has 4 aliphatic rings. The average molecular weight is 509 g/mol. The van der Waals surface area contributed by atoms with Crippen molar-refractivity contribution in [1.29, 1.82) is 0 Å². The Morgan fingerprint density at radius 2 is 1.22 bits per heavy atom. The lowest BCUT2D eigenvalue weighted by Crippen LogP contribution is -2.34. The molecule has 208 valence electrons. The summed E-state index contributed by atoms with van der Waals surface area (Å²) in [7, 11) is 0. The van der Waals surface area contributed by atoms with Crippen molar-refractivity contribution < 1.29 is 18.3 Å². The molecule has 0 aromatic heterocycles. The van der Waals surface area contributed by atoms with Gasteiger partial charge in [-0.25, -0.2) is 0 Å². The molecule has 2 nitrogen and oxygen atoms in total. The summed E-state index contributed by atoms with van der Waals surface area (Å²) in [5.41, 5.74) is 0. The fourth-order valence-electron chi connectivity index (χ4n) is 8.17. The highest BCUT2D eigenvalue weighted by Crippen LogP contribution is 2.44. The van der Waals surface area contributed by atoms with Gasteiger partial charge in [-0.3, -0.25) is 0 Å². The lowest BCUT2D eigenvalue weighted by Gasteiger charge is -2.41. The fraction of sp³-hybridized carbons (Fsp3) is 0.938. The van der Waals surface area contributed by atoms with Gasteiger partial charge in [-0.05, 0) is 113 Å². The van der Waals surface area contributed by atoms with Gasteiger partial charge in [-0.2, -0.15) is 8.78 Å². The predicted octanol–water partition coefficient (Wildman–Crippen LogP) is 9.72. The van der Waals surface area contributed by atoms with E-state index in [2.05, 4.69) is 6.92 Å². The van der Waals surface area contributed by atoms with E-state index in [1.54, 1.807) is 0 Å². The lowest BCUT2D eigenvalue weighted by molar-refractivity contribution is -0.0241. The minimum absolute atomic E-state index is 0.365. The molecule has 3 aliphatic carbocycles. The van der Waals surface area contributed by atoms with Gasteiger partial charge in [0.2, 0.25) is 0 Å². The smallest absolute Gasteiger partial charge is 0.268 e. The second kappa shape index (κ2) is 15.2. The molecule has 1 aliphatic heterocycles. The van der Waals surface area contributed by atoms with Crippen LogP contribution in [0.1, 0.15) is 129 Å². The van der Waals surface area contributed by atoms with Gasteiger partial charge in [0.25, 0.3) is 6.08 Å². The Hall–Kier alpha value is -0.480. The zero-order valence-corrected chi connectivity index (χ0v) is 23.1. The number of ether oxygens (including phenoxy) is 2. The van der Waals surface area contributed by atoms with Crippen LogP contribution >= 0.6 is 0 Å². The number of hydrogen-bond donors (Lipinski definition) is 0. The van der Waals surface area contributed by atoms with E-state index < -0.39 is 6.08 Å². The van der Waals surface area contributed by atoms with E-state index in [4.69, 9.17) is 9.47 Å². The lowest BCUT2D eigenvalue weighted by atomic mass is 9.67. The summed E-state index contributed by atoms with van der Waals surface area (Å²) < 4.78 is 37.0. The van der Waals surface area contributed by atoms with Crippen LogP contribution in [0.4, 0.5) is 8.78 Å². The van der Waals surface area contributed by atoms with Gasteiger partial charge in [-0.1, -0.05) is 51.9 Å². The van der Waals surface area contributed by atoms with Crippen LogP contribution in [0.25, 0.3) is 0 Å². The topological polar surface area (TPSA) is 18.5 Å². The van der Waals surface area contributed by atoms with Crippen molar-refractivity contribution in [2.45, 2.75) is 141 Å². The normalized spacial score (nSPS) is 38.0. The van der Waals surface area contributed by atoms with E-state index in [0.717, 1.165) is 55.1 Å². The van der Waals surface area contributed by atoms with Gasteiger partial charge in [0.15, 0.2) is 0 Å². The summed E-state index contributed by atoms with van der Waals surface area (Å²) in [6.45, 7) is 3.97. The molecule has 36 heavy (non-hydrogen) atoms. The van der Waals surface area contributed by atoms with Gasteiger partial charge in [-0.15, -0.1) is 0 Å². The Morgan fingerprint density at radius 3 is 1.75 bits per heavy atom. The molecule has 4 fully saturated rings. The van der Waals surface area contributed by atoms with E-state index in [0.29, 0.717) is 18.6 Å². The second-order valence-corrected chi connectivity index (χ2v) is 12.9. The summed E-state index contributed by atoms with van der Waals surface area (Å²) in [4.78, 5) is 0. The maximum absolute atomic E-state index is 12.5. The van der Waals surface area contributed by atoms with Crippen molar-refractivity contribution in [3.63, 3.8) is 0 Å². The van der Waals surface area contributed by atoms with Gasteiger partial charge in [0.05, 0.1) is 18.8 Å². The zero-order chi connectivity index (χ0) is 25.2. The van der Waals surface area contributed by atoms with Crippen molar-refractivity contribution in [2.75, 3.05) is 13.2 Å². The molecule has 0 amide bonds. The summed E-state index contributed by atoms with van der Waals surface area (Å²) in [5.74, 6) is 5.11. The van der Waals surface area contributed by atoms with Crippen molar-refractivity contribution in [3.8, 4) is 0 Å². The summed E-state index contributed by atoms with van der Waals surface area (Å²) in [6, 6.07) is 0. The third-order valence-electron chi connectivity index (χ3n) is 10.6. The Kier molecular flexibility index (Phi) is 12.0. The van der Waals surface area contributed by atoms with Crippen LogP contribution in [-0.4, -0.2) is 25.4 Å². The van der Waals surface area contributed by atoms with Gasteiger partial charge in [0, 0.05) is 12.7 Å². The molecule has 2 unspecified atom stereocenters. The number of unbranched alkanes of at least 4 members (excludes halogenated alkanes) is 1. The molecule has 0 radical (unpaired) electrons. The molecule has 0 N–H and O–H groups in total. The minimum atomic E-state index is -1.60. The molecule has 0 aromatic rings. The third-order valence-corrected chi connectivity index (χ3v) is 10.6. The van der Waals surface area contributed by atoms with Crippen LogP contribution in [0, 0.1) is 35.5 Å². The number of halogens is 2. The first-order valence-corrected chi connectivity index (χ1v) is 15.9. The summed E-state index contributed by atoms with van der Waals surface area (Å²) >= 11 is 0. The van der Waals surface area contributed by atoms with Crippen molar-refractivity contribution >= 4 is 0 Å². The van der Waals surface area contributed by atoms with Gasteiger partial charge < -0.3 is 9.47 Å². The van der Waals surface area contributed by atoms with Crippen molar-refractivity contribution in [1.82, 2.24) is 0 Å². The molecule has 0 bridgehead atoms. The number of hydrogen-bond acceptors (Lipinski definition) is 2. The molecule has 0 spiro atoms. The molecule has 4 rings (SSSR count). The summed E-state index contributed by atoms with van der Waals surface area (Å²) in [6.07, 6.45) is 24.7. The maximum atomic E-state index is 12.5. The molecule has 3 saturated carbocycles. The molecule has 0 aromatic carbocycles. The Bertz CT molecular complexity index is 616. The highest BCUT2D eigenvalue weighted by atomic mass is 19.3. The standard InChI is InChI=1S/C32H54F2O2/c1-2-3-5-24-7-9-25(10-8-24)6-4-21-35-30-18-15-27(16-19-30)26-11-13-28(14-12-26)29-17-20-31(36-23-29)22-32(33)34/h22,24-31H,2-21,23H2,1H3. The second-order valence-electron chi connectivity index (χ2n) is 12.9. The number of rotatable bonds is 11. The van der Waals surface area contributed by atoms with Crippen LogP contribution in [0.15, 0.2) is 12.2 Å². The van der Waals surface area contributed by atoms with Crippen LogP contribution in [-0.2, 0) is 9.47 Å². The molecular formula is C32H54F2O2. The average Bonchev–Trinajstić information content (AvgIpc) is 2.91. The Labute approximate surface area is 220 Å². The van der Waals surface area contributed by atoms with E-state index >= 15 is 0 Å². The van der Waals surface area contributed by atoms with E-state index in [9.17, 15) is 8.78 Å². The maximum Gasteiger partial charge on any atom is 0.268 e. The Morgan fingerprint density at radius 1 is 0.694 bits per heavy atom. The quantitative estimate of drug-likeness (QED) is 0.259. The van der Waals surface area contributed by atoms with Crippen molar-refractivity contribution in [2.24, 2.45) is 35.5 Å². The molecule has 1 heterocycles. The minimum Gasteiger partial charge on any atom is -0.378 e. The predicted molar refractivity (Wildman–Crippen MR) is 144 cm³/mol. The monoisotopic (exact) mass is 508 g/mol. The van der Waals surface area contributed by atoms with Crippen molar-refractivity contribution in [3.05, 3.63) is 12.2 Å². The van der Waals surface area contributed by atoms with E-state index in [1.165, 1.54) is 109 Å². The molecule has 1 saturated heterocycles. The largest absolute Gasteiger partial charge is 0.378 e. The zero-order valence-electron chi connectivity index (χ0n) is 23.1. The fourth-order valence-corrected chi connectivity index (χ4v) is 8.17. The molecule has 2 atom stereocenters. The summed E-state index contributed by atoms with van der Waals surface area (Å²) in [5, 5.41) is 0. The Balaban J connectivity index is 1.03. The third kappa shape index (κ3) is 9.07. The van der Waals surface area contributed by atoms with Gasteiger partial charge >= 0.3 is 0 Å². The van der Waals surface area contributed by atoms with Crippen LogP contribution < -0.4 is 0 Å². The van der Waals surface area contributed by atoms with Crippen LogP contribution in [0.5, 0.6) is 0 Å². The van der Waals surface area contributed by atoms with E-state index in [1.807, 2.05) is 0 Å². The first-order valence-electron chi connectivity index (χ1n) is 15.9. The molecular weight excluding hydrogens is 454 g/mol. The first kappa shape index (κ1) is 28.5. The van der Waals surface area contributed by atoms with E-state index in [-0.39, 0.29) is 6.10 Å².